The molecule has 5 nitrogen and oxygen atoms in total. The molecule has 4 amide bonds. The highest BCUT2D eigenvalue weighted by molar-refractivity contribution is 6.39. The number of halogens is 1. The van der Waals surface area contributed by atoms with Crippen molar-refractivity contribution in [3.05, 3.63) is 106 Å². The molecule has 0 bridgehead atoms. The van der Waals surface area contributed by atoms with Gasteiger partial charge in [-0.15, -0.1) is 0 Å². The van der Waals surface area contributed by atoms with Crippen molar-refractivity contribution in [3.63, 3.8) is 0 Å². The van der Waals surface area contributed by atoms with E-state index in [4.69, 9.17) is 0 Å². The molecule has 1 heterocycles. The minimum absolute atomic E-state index is 0.124. The minimum atomic E-state index is -0.771. The van der Waals surface area contributed by atoms with E-state index < -0.39 is 17.8 Å². The number of aryl methyl sites for hydroxylation is 1. The number of amides is 4. The van der Waals surface area contributed by atoms with E-state index in [-0.39, 0.29) is 11.4 Å². The van der Waals surface area contributed by atoms with Gasteiger partial charge in [0.25, 0.3) is 11.8 Å². The van der Waals surface area contributed by atoms with E-state index >= 15 is 0 Å². The van der Waals surface area contributed by atoms with Crippen LogP contribution in [0.5, 0.6) is 0 Å². The smallest absolute Gasteiger partial charge is 0.273 e. The molecule has 0 saturated carbocycles. The lowest BCUT2D eigenvalue weighted by atomic mass is 10.0. The van der Waals surface area contributed by atoms with Crippen LogP contribution in [0.25, 0.3) is 6.08 Å². The van der Waals surface area contributed by atoms with E-state index in [1.165, 1.54) is 18.2 Å². The molecule has 4 rings (SSSR count). The highest BCUT2D eigenvalue weighted by atomic mass is 19.1. The lowest BCUT2D eigenvalue weighted by molar-refractivity contribution is -0.122. The van der Waals surface area contributed by atoms with Crippen LogP contribution in [0.2, 0.25) is 0 Å². The second-order valence-electron chi connectivity index (χ2n) is 7.29. The molecule has 154 valence electrons. The molecule has 1 saturated heterocycles. The van der Waals surface area contributed by atoms with Crippen LogP contribution in [-0.4, -0.2) is 17.8 Å². The number of urea groups is 1. The van der Waals surface area contributed by atoms with Gasteiger partial charge < -0.3 is 0 Å². The maximum absolute atomic E-state index is 13.4. The van der Waals surface area contributed by atoms with Gasteiger partial charge >= 0.3 is 6.03 Å². The quantitative estimate of drug-likeness (QED) is 0.509. The molecule has 0 radical (unpaired) electrons. The third-order valence-electron chi connectivity index (χ3n) is 5.05. The summed E-state index contributed by atoms with van der Waals surface area (Å²) in [4.78, 5) is 38.6. The van der Waals surface area contributed by atoms with Gasteiger partial charge in [-0.25, -0.2) is 14.1 Å². The molecule has 1 N–H and O–H groups in total. The Morgan fingerprint density at radius 1 is 0.903 bits per heavy atom. The number of para-hydroxylation sites is 1. The van der Waals surface area contributed by atoms with Crippen LogP contribution in [0, 0.1) is 12.7 Å². The third-order valence-corrected chi connectivity index (χ3v) is 5.05. The zero-order valence-corrected chi connectivity index (χ0v) is 16.8. The van der Waals surface area contributed by atoms with E-state index in [9.17, 15) is 18.8 Å². The van der Waals surface area contributed by atoms with E-state index in [1.807, 2.05) is 18.2 Å². The summed E-state index contributed by atoms with van der Waals surface area (Å²) in [5, 5.41) is 2.23. The van der Waals surface area contributed by atoms with E-state index in [0.717, 1.165) is 21.6 Å². The van der Waals surface area contributed by atoms with Gasteiger partial charge in [-0.1, -0.05) is 54.6 Å². The molecular weight excluding hydrogens is 395 g/mol. The molecule has 0 aliphatic carbocycles. The SMILES string of the molecule is Cc1ccccc1N1C(=O)NC(=O)/C(=C\c2ccc(Cc3cccc(F)c3)cc2)C1=O. The monoisotopic (exact) mass is 414 g/mol. The Bertz CT molecular complexity index is 1220. The summed E-state index contributed by atoms with van der Waals surface area (Å²) in [5.41, 5.74) is 3.49. The number of nitrogens with zero attached hydrogens (tertiary/aromatic N) is 1. The first kappa shape index (κ1) is 20.2. The Kier molecular flexibility index (Phi) is 5.45. The number of barbiturate groups is 1. The zero-order valence-electron chi connectivity index (χ0n) is 16.8. The second-order valence-corrected chi connectivity index (χ2v) is 7.29. The van der Waals surface area contributed by atoms with Crippen molar-refractivity contribution in [2.45, 2.75) is 13.3 Å². The van der Waals surface area contributed by atoms with Crippen molar-refractivity contribution in [2.75, 3.05) is 4.90 Å². The number of carbonyl (C=O) groups is 3. The zero-order chi connectivity index (χ0) is 22.0. The number of rotatable bonds is 4. The maximum Gasteiger partial charge on any atom is 0.335 e. The first-order chi connectivity index (χ1) is 14.9. The Balaban J connectivity index is 1.59. The van der Waals surface area contributed by atoms with E-state index in [1.54, 1.807) is 49.4 Å². The highest BCUT2D eigenvalue weighted by Crippen LogP contribution is 2.25. The lowest BCUT2D eigenvalue weighted by Crippen LogP contribution is -2.54. The molecule has 6 heteroatoms. The van der Waals surface area contributed by atoms with E-state index in [0.29, 0.717) is 17.7 Å². The first-order valence-corrected chi connectivity index (χ1v) is 9.73. The average molecular weight is 414 g/mol. The first-order valence-electron chi connectivity index (χ1n) is 9.73. The van der Waals surface area contributed by atoms with Crippen LogP contribution in [0.4, 0.5) is 14.9 Å². The van der Waals surface area contributed by atoms with Gasteiger partial charge in [0.15, 0.2) is 0 Å². The predicted molar refractivity (Wildman–Crippen MR) is 116 cm³/mol. The molecule has 1 fully saturated rings. The van der Waals surface area contributed by atoms with Crippen molar-refractivity contribution >= 4 is 29.6 Å². The van der Waals surface area contributed by atoms with Crippen LogP contribution in [0.1, 0.15) is 22.3 Å². The Morgan fingerprint density at radius 2 is 1.65 bits per heavy atom. The van der Waals surface area contributed by atoms with Crippen molar-refractivity contribution < 1.29 is 18.8 Å². The van der Waals surface area contributed by atoms with Gasteiger partial charge in [-0.2, -0.15) is 0 Å². The summed E-state index contributed by atoms with van der Waals surface area (Å²) in [5.74, 6) is -1.69. The fraction of sp³-hybridized carbons (Fsp3) is 0.0800. The molecule has 3 aromatic carbocycles. The summed E-state index contributed by atoms with van der Waals surface area (Å²) in [7, 11) is 0. The number of anilines is 1. The number of imide groups is 2. The molecule has 0 spiro atoms. The molecule has 31 heavy (non-hydrogen) atoms. The summed E-state index contributed by atoms with van der Waals surface area (Å²) in [6, 6.07) is 19.8. The summed E-state index contributed by atoms with van der Waals surface area (Å²) in [6.45, 7) is 1.78. The van der Waals surface area contributed by atoms with Gasteiger partial charge in [0.2, 0.25) is 0 Å². The van der Waals surface area contributed by atoms with Crippen LogP contribution in [0.15, 0.2) is 78.4 Å². The second kappa shape index (κ2) is 8.36. The van der Waals surface area contributed by atoms with Gasteiger partial charge in [0.05, 0.1) is 5.69 Å². The maximum atomic E-state index is 13.4. The standard InChI is InChI=1S/C25H19FN2O3/c1-16-5-2-3-8-22(16)28-24(30)21(23(29)27-25(28)31)15-18-11-9-17(10-12-18)13-19-6-4-7-20(26)14-19/h2-12,14-15H,13H2,1H3,(H,27,29,31)/b21-15+. The van der Waals surface area contributed by atoms with Gasteiger partial charge in [-0.3, -0.25) is 14.9 Å². The number of carbonyl (C=O) groups excluding carboxylic acids is 3. The van der Waals surface area contributed by atoms with Crippen molar-refractivity contribution in [2.24, 2.45) is 0 Å². The molecule has 1 aliphatic heterocycles. The van der Waals surface area contributed by atoms with Gasteiger partial charge in [0.1, 0.15) is 11.4 Å². The lowest BCUT2D eigenvalue weighted by Gasteiger charge is -2.27. The number of benzene rings is 3. The Hall–Kier alpha value is -4.06. The summed E-state index contributed by atoms with van der Waals surface area (Å²) < 4.78 is 13.4. The molecule has 0 atom stereocenters. The number of nitrogens with one attached hydrogen (secondary N) is 1. The van der Waals surface area contributed by atoms with Crippen LogP contribution >= 0.6 is 0 Å². The highest BCUT2D eigenvalue weighted by Gasteiger charge is 2.37. The number of hydrogen-bond acceptors (Lipinski definition) is 3. The molecule has 3 aromatic rings. The van der Waals surface area contributed by atoms with Crippen LogP contribution < -0.4 is 10.2 Å². The van der Waals surface area contributed by atoms with Gasteiger partial charge in [0, 0.05) is 0 Å². The molecule has 0 aromatic heterocycles. The van der Waals surface area contributed by atoms with Crippen molar-refractivity contribution in [1.29, 1.82) is 0 Å². The van der Waals surface area contributed by atoms with Gasteiger partial charge in [-0.05, 0) is 59.9 Å². The minimum Gasteiger partial charge on any atom is -0.273 e. The fourth-order valence-electron chi connectivity index (χ4n) is 3.47. The van der Waals surface area contributed by atoms with E-state index in [2.05, 4.69) is 5.32 Å². The average Bonchev–Trinajstić information content (AvgIpc) is 2.73. The third kappa shape index (κ3) is 4.28. The van der Waals surface area contributed by atoms with Crippen molar-refractivity contribution in [3.8, 4) is 0 Å². The van der Waals surface area contributed by atoms with Crippen molar-refractivity contribution in [1.82, 2.24) is 5.32 Å². The molecule has 1 aliphatic rings. The largest absolute Gasteiger partial charge is 0.335 e. The fourth-order valence-corrected chi connectivity index (χ4v) is 3.47. The number of hydrogen-bond donors (Lipinski definition) is 1. The Morgan fingerprint density at radius 3 is 2.35 bits per heavy atom. The molecule has 0 unspecified atom stereocenters. The summed E-state index contributed by atoms with van der Waals surface area (Å²) in [6.07, 6.45) is 2.02. The van der Waals surface area contributed by atoms with Crippen LogP contribution in [-0.2, 0) is 16.0 Å². The normalized spacial score (nSPS) is 15.4. The molecular formula is C25H19FN2O3. The Labute approximate surface area is 178 Å². The summed E-state index contributed by atoms with van der Waals surface area (Å²) >= 11 is 0. The predicted octanol–water partition coefficient (Wildman–Crippen LogP) is 4.39. The topological polar surface area (TPSA) is 66.5 Å². The van der Waals surface area contributed by atoms with Crippen LogP contribution in [0.3, 0.4) is 0 Å².